The zero-order valence-electron chi connectivity index (χ0n) is 12.3. The number of halogens is 1. The normalized spacial score (nSPS) is 14.9. The molecule has 1 aliphatic heterocycles. The molecule has 6 heteroatoms. The van der Waals surface area contributed by atoms with Crippen LogP contribution in [0.15, 0.2) is 24.4 Å². The molecule has 1 aromatic carbocycles. The number of rotatable bonds is 3. The molecule has 0 saturated carbocycles. The van der Waals surface area contributed by atoms with Crippen molar-refractivity contribution in [1.29, 1.82) is 0 Å². The van der Waals surface area contributed by atoms with E-state index >= 15 is 0 Å². The Morgan fingerprint density at radius 2 is 2.05 bits per heavy atom. The third kappa shape index (κ3) is 2.69. The molecule has 1 fully saturated rings. The van der Waals surface area contributed by atoms with E-state index < -0.39 is 5.82 Å². The van der Waals surface area contributed by atoms with Crippen LogP contribution in [0.5, 0.6) is 0 Å². The van der Waals surface area contributed by atoms with Crippen LogP contribution in [0.3, 0.4) is 0 Å². The van der Waals surface area contributed by atoms with Crippen LogP contribution in [0.25, 0.3) is 11.1 Å². The average Bonchev–Trinajstić information content (AvgIpc) is 2.56. The zero-order valence-corrected chi connectivity index (χ0v) is 12.3. The first-order chi connectivity index (χ1) is 10.7. The van der Waals surface area contributed by atoms with E-state index in [2.05, 4.69) is 9.97 Å². The maximum atomic E-state index is 14.3. The highest BCUT2D eigenvalue weighted by molar-refractivity contribution is 5.80. The molecule has 0 spiro atoms. The quantitative estimate of drug-likeness (QED) is 0.814. The number of morpholine rings is 1. The minimum atomic E-state index is -0.539. The first-order valence-electron chi connectivity index (χ1n) is 7.11. The standard InChI is InChI=1S/C16H16FN3O2/c1-11-14(13-4-2-3-12(10-21)15(13)17)9-18-16(19-11)20-5-7-22-8-6-20/h2-4,9-10H,5-8H2,1H3. The van der Waals surface area contributed by atoms with Gasteiger partial charge < -0.3 is 9.64 Å². The van der Waals surface area contributed by atoms with E-state index in [9.17, 15) is 9.18 Å². The van der Waals surface area contributed by atoms with Crippen molar-refractivity contribution in [2.75, 3.05) is 31.2 Å². The van der Waals surface area contributed by atoms with E-state index in [0.717, 1.165) is 13.1 Å². The van der Waals surface area contributed by atoms with Gasteiger partial charge in [0, 0.05) is 30.4 Å². The molecule has 0 amide bonds. The van der Waals surface area contributed by atoms with Crippen molar-refractivity contribution >= 4 is 12.2 Å². The summed E-state index contributed by atoms with van der Waals surface area (Å²) in [5.41, 5.74) is 1.65. The first-order valence-corrected chi connectivity index (χ1v) is 7.11. The van der Waals surface area contributed by atoms with Gasteiger partial charge in [-0.1, -0.05) is 12.1 Å². The molecule has 0 radical (unpaired) electrons. The minimum absolute atomic E-state index is 0.0363. The number of hydrogen-bond acceptors (Lipinski definition) is 5. The predicted molar refractivity (Wildman–Crippen MR) is 80.6 cm³/mol. The van der Waals surface area contributed by atoms with Crippen LogP contribution < -0.4 is 4.90 Å². The highest BCUT2D eigenvalue weighted by Crippen LogP contribution is 2.27. The van der Waals surface area contributed by atoms with Crippen molar-refractivity contribution in [2.45, 2.75) is 6.92 Å². The Morgan fingerprint density at radius 1 is 1.27 bits per heavy atom. The van der Waals surface area contributed by atoms with E-state index in [1.54, 1.807) is 18.3 Å². The molecule has 114 valence electrons. The highest BCUT2D eigenvalue weighted by atomic mass is 19.1. The van der Waals surface area contributed by atoms with Crippen LogP contribution in [0.2, 0.25) is 0 Å². The summed E-state index contributed by atoms with van der Waals surface area (Å²) in [6, 6.07) is 4.73. The van der Waals surface area contributed by atoms with Gasteiger partial charge in [0.05, 0.1) is 24.5 Å². The summed E-state index contributed by atoms with van der Waals surface area (Å²) >= 11 is 0. The van der Waals surface area contributed by atoms with Gasteiger partial charge in [-0.05, 0) is 13.0 Å². The van der Waals surface area contributed by atoms with Gasteiger partial charge in [-0.3, -0.25) is 4.79 Å². The fraction of sp³-hybridized carbons (Fsp3) is 0.312. The third-order valence-electron chi connectivity index (χ3n) is 3.71. The number of hydrogen-bond donors (Lipinski definition) is 0. The first kappa shape index (κ1) is 14.6. The molecule has 0 aliphatic carbocycles. The molecule has 0 N–H and O–H groups in total. The number of anilines is 1. The Balaban J connectivity index is 1.97. The highest BCUT2D eigenvalue weighted by Gasteiger charge is 2.17. The lowest BCUT2D eigenvalue weighted by molar-refractivity contribution is 0.112. The monoisotopic (exact) mass is 301 g/mol. The van der Waals surface area contributed by atoms with Gasteiger partial charge in [-0.25, -0.2) is 14.4 Å². The summed E-state index contributed by atoms with van der Waals surface area (Å²) < 4.78 is 19.6. The molecule has 1 aliphatic rings. The summed E-state index contributed by atoms with van der Waals surface area (Å²) in [5.74, 6) is 0.0832. The topological polar surface area (TPSA) is 55.3 Å². The Hall–Kier alpha value is -2.34. The van der Waals surface area contributed by atoms with Crippen molar-refractivity contribution in [2.24, 2.45) is 0 Å². The molecule has 5 nitrogen and oxygen atoms in total. The zero-order chi connectivity index (χ0) is 15.5. The molecule has 22 heavy (non-hydrogen) atoms. The number of aryl methyl sites for hydroxylation is 1. The van der Waals surface area contributed by atoms with Crippen molar-refractivity contribution in [3.05, 3.63) is 41.5 Å². The number of carbonyl (C=O) groups is 1. The number of benzene rings is 1. The maximum Gasteiger partial charge on any atom is 0.225 e. The second-order valence-electron chi connectivity index (χ2n) is 5.10. The van der Waals surface area contributed by atoms with E-state index in [0.29, 0.717) is 42.3 Å². The third-order valence-corrected chi connectivity index (χ3v) is 3.71. The summed E-state index contributed by atoms with van der Waals surface area (Å²) in [5, 5.41) is 0. The number of aldehydes is 1. The molecule has 1 aromatic heterocycles. The van der Waals surface area contributed by atoms with Crippen LogP contribution in [0.1, 0.15) is 16.1 Å². The lowest BCUT2D eigenvalue weighted by Crippen LogP contribution is -2.37. The van der Waals surface area contributed by atoms with Crippen molar-refractivity contribution < 1.29 is 13.9 Å². The van der Waals surface area contributed by atoms with Crippen LogP contribution in [-0.4, -0.2) is 42.6 Å². The molecule has 0 unspecified atom stereocenters. The largest absolute Gasteiger partial charge is 0.378 e. The molecular formula is C16H16FN3O2. The predicted octanol–water partition coefficient (Wildman–Crippen LogP) is 2.24. The molecule has 1 saturated heterocycles. The summed E-state index contributed by atoms with van der Waals surface area (Å²) in [7, 11) is 0. The van der Waals surface area contributed by atoms with Crippen LogP contribution in [0, 0.1) is 12.7 Å². The second-order valence-corrected chi connectivity index (χ2v) is 5.10. The van der Waals surface area contributed by atoms with E-state index in [4.69, 9.17) is 4.74 Å². The fourth-order valence-corrected chi connectivity index (χ4v) is 2.48. The number of ether oxygens (including phenoxy) is 1. The summed E-state index contributed by atoms with van der Waals surface area (Å²) in [6.45, 7) is 4.61. The molecule has 3 rings (SSSR count). The molecule has 0 bridgehead atoms. The minimum Gasteiger partial charge on any atom is -0.378 e. The Morgan fingerprint density at radius 3 is 2.73 bits per heavy atom. The molecule has 2 aromatic rings. The maximum absolute atomic E-state index is 14.3. The number of aromatic nitrogens is 2. The van der Waals surface area contributed by atoms with Gasteiger partial charge in [0.1, 0.15) is 5.82 Å². The van der Waals surface area contributed by atoms with Crippen molar-refractivity contribution in [3.8, 4) is 11.1 Å². The van der Waals surface area contributed by atoms with Crippen LogP contribution in [0.4, 0.5) is 10.3 Å². The van der Waals surface area contributed by atoms with Gasteiger partial charge >= 0.3 is 0 Å². The molecular weight excluding hydrogens is 285 g/mol. The van der Waals surface area contributed by atoms with Crippen molar-refractivity contribution in [3.63, 3.8) is 0 Å². The smallest absolute Gasteiger partial charge is 0.225 e. The van der Waals surface area contributed by atoms with Crippen LogP contribution in [-0.2, 0) is 4.74 Å². The number of nitrogens with zero attached hydrogens (tertiary/aromatic N) is 3. The lowest BCUT2D eigenvalue weighted by atomic mass is 10.0. The molecule has 2 heterocycles. The SMILES string of the molecule is Cc1nc(N2CCOCC2)ncc1-c1cccc(C=O)c1F. The summed E-state index contributed by atoms with van der Waals surface area (Å²) in [6.07, 6.45) is 2.12. The summed E-state index contributed by atoms with van der Waals surface area (Å²) in [4.78, 5) is 21.7. The van der Waals surface area contributed by atoms with Crippen molar-refractivity contribution in [1.82, 2.24) is 9.97 Å². The van der Waals surface area contributed by atoms with Crippen LogP contribution >= 0.6 is 0 Å². The van der Waals surface area contributed by atoms with E-state index in [-0.39, 0.29) is 5.56 Å². The average molecular weight is 301 g/mol. The van der Waals surface area contributed by atoms with E-state index in [1.807, 2.05) is 11.8 Å². The Kier molecular flexibility index (Phi) is 4.11. The van der Waals surface area contributed by atoms with Gasteiger partial charge in [-0.2, -0.15) is 0 Å². The van der Waals surface area contributed by atoms with Gasteiger partial charge in [0.25, 0.3) is 0 Å². The number of carbonyl (C=O) groups excluding carboxylic acids is 1. The lowest BCUT2D eigenvalue weighted by Gasteiger charge is -2.27. The second kappa shape index (κ2) is 6.19. The Bertz CT molecular complexity index is 700. The van der Waals surface area contributed by atoms with Gasteiger partial charge in [0.15, 0.2) is 6.29 Å². The Labute approximate surface area is 127 Å². The fourth-order valence-electron chi connectivity index (χ4n) is 2.48. The molecule has 0 atom stereocenters. The van der Waals surface area contributed by atoms with Gasteiger partial charge in [-0.15, -0.1) is 0 Å². The van der Waals surface area contributed by atoms with Gasteiger partial charge in [0.2, 0.25) is 5.95 Å². The van der Waals surface area contributed by atoms with E-state index in [1.165, 1.54) is 6.07 Å².